The van der Waals surface area contributed by atoms with E-state index in [9.17, 15) is 0 Å². The van der Waals surface area contributed by atoms with Crippen LogP contribution in [-0.4, -0.2) is 13.2 Å². The Kier molecular flexibility index (Phi) is 6.69. The first-order chi connectivity index (χ1) is 9.43. The van der Waals surface area contributed by atoms with Crippen molar-refractivity contribution in [2.24, 2.45) is 17.8 Å². The molecule has 0 saturated heterocycles. The Labute approximate surface area is 123 Å². The van der Waals surface area contributed by atoms with Crippen LogP contribution in [0, 0.1) is 17.8 Å². The van der Waals surface area contributed by atoms with Crippen LogP contribution >= 0.6 is 0 Å². The fourth-order valence-electron chi connectivity index (χ4n) is 2.50. The summed E-state index contributed by atoms with van der Waals surface area (Å²) in [5, 5.41) is 3.51. The van der Waals surface area contributed by atoms with E-state index in [1.54, 1.807) is 0 Å². The van der Waals surface area contributed by atoms with Crippen molar-refractivity contribution in [3.63, 3.8) is 0 Å². The molecule has 0 spiro atoms. The van der Waals surface area contributed by atoms with Gasteiger partial charge in [-0.15, -0.1) is 0 Å². The molecule has 0 bridgehead atoms. The molecule has 1 aromatic rings. The van der Waals surface area contributed by atoms with E-state index in [1.165, 1.54) is 0 Å². The zero-order chi connectivity index (χ0) is 15.1. The second-order valence-electron chi connectivity index (χ2n) is 6.17. The van der Waals surface area contributed by atoms with Crippen molar-refractivity contribution < 1.29 is 4.74 Å². The summed E-state index contributed by atoms with van der Waals surface area (Å²) in [5.41, 5.74) is 7.72. The zero-order valence-electron chi connectivity index (χ0n) is 13.6. The Morgan fingerprint density at radius 1 is 1.10 bits per heavy atom. The van der Waals surface area contributed by atoms with Crippen molar-refractivity contribution in [3.8, 4) is 5.75 Å². The van der Waals surface area contributed by atoms with E-state index in [0.29, 0.717) is 17.8 Å². The number of ether oxygens (including phenoxy) is 1. The Morgan fingerprint density at radius 2 is 1.75 bits per heavy atom. The average molecular weight is 278 g/mol. The summed E-state index contributed by atoms with van der Waals surface area (Å²) < 4.78 is 5.66. The number of nitrogens with one attached hydrogen (secondary N) is 1. The van der Waals surface area contributed by atoms with Gasteiger partial charge in [0.2, 0.25) is 0 Å². The van der Waals surface area contributed by atoms with Gasteiger partial charge in [-0.05, 0) is 30.2 Å². The number of hydrogen-bond acceptors (Lipinski definition) is 3. The van der Waals surface area contributed by atoms with E-state index >= 15 is 0 Å². The highest BCUT2D eigenvalue weighted by molar-refractivity contribution is 5.59. The van der Waals surface area contributed by atoms with Crippen LogP contribution in [0.5, 0.6) is 5.75 Å². The maximum atomic E-state index is 5.94. The van der Waals surface area contributed by atoms with Crippen LogP contribution in [-0.2, 0) is 0 Å². The topological polar surface area (TPSA) is 47.3 Å². The van der Waals surface area contributed by atoms with Gasteiger partial charge in [0.15, 0.2) is 0 Å². The summed E-state index contributed by atoms with van der Waals surface area (Å²) in [5.74, 6) is 2.83. The Morgan fingerprint density at radius 3 is 2.30 bits per heavy atom. The van der Waals surface area contributed by atoms with Gasteiger partial charge in [-0.3, -0.25) is 0 Å². The second-order valence-corrected chi connectivity index (χ2v) is 6.17. The summed E-state index contributed by atoms with van der Waals surface area (Å²) in [7, 11) is 0. The maximum absolute atomic E-state index is 5.94. The third-order valence-corrected chi connectivity index (χ3v) is 3.66. The summed E-state index contributed by atoms with van der Waals surface area (Å²) in [4.78, 5) is 0. The van der Waals surface area contributed by atoms with E-state index in [-0.39, 0.29) is 0 Å². The molecule has 0 aliphatic rings. The molecule has 0 aliphatic carbocycles. The van der Waals surface area contributed by atoms with Crippen LogP contribution in [0.4, 0.5) is 11.4 Å². The van der Waals surface area contributed by atoms with E-state index in [0.717, 1.165) is 36.7 Å². The molecule has 0 heterocycles. The van der Waals surface area contributed by atoms with Crippen LogP contribution < -0.4 is 15.8 Å². The highest BCUT2D eigenvalue weighted by Crippen LogP contribution is 2.25. The molecule has 0 aromatic heterocycles. The number of hydrogen-bond donors (Lipinski definition) is 2. The standard InChI is InChI=1S/C17H30N2O/c1-6-7-20-16-9-14(18)8-15(10-16)19-11-17(12(2)3)13(4)5/h8-10,12-13,17,19H,6-7,11,18H2,1-5H3. The molecule has 0 aliphatic heterocycles. The minimum absolute atomic E-state index is 0.649. The number of nitrogen functional groups attached to an aromatic ring is 1. The molecule has 0 radical (unpaired) electrons. The first kappa shape index (κ1) is 16.7. The second kappa shape index (κ2) is 8.03. The largest absolute Gasteiger partial charge is 0.493 e. The molecule has 114 valence electrons. The summed E-state index contributed by atoms with van der Waals surface area (Å²) in [6.45, 7) is 12.9. The third-order valence-electron chi connectivity index (χ3n) is 3.66. The van der Waals surface area contributed by atoms with Crippen molar-refractivity contribution in [1.82, 2.24) is 0 Å². The number of anilines is 2. The van der Waals surface area contributed by atoms with Gasteiger partial charge < -0.3 is 15.8 Å². The molecule has 3 N–H and O–H groups in total. The third kappa shape index (κ3) is 5.32. The Balaban J connectivity index is 2.69. The Bertz CT molecular complexity index is 394. The Hall–Kier alpha value is -1.38. The number of benzene rings is 1. The summed E-state index contributed by atoms with van der Waals surface area (Å²) in [6, 6.07) is 5.88. The van der Waals surface area contributed by atoms with E-state index in [2.05, 4.69) is 39.9 Å². The molecule has 0 unspecified atom stereocenters. The van der Waals surface area contributed by atoms with Crippen LogP contribution in [0.3, 0.4) is 0 Å². The summed E-state index contributed by atoms with van der Waals surface area (Å²) in [6.07, 6.45) is 1.00. The molecular formula is C17H30N2O. The highest BCUT2D eigenvalue weighted by atomic mass is 16.5. The molecule has 0 saturated carbocycles. The lowest BCUT2D eigenvalue weighted by molar-refractivity contribution is 0.304. The average Bonchev–Trinajstić information content (AvgIpc) is 2.35. The monoisotopic (exact) mass is 278 g/mol. The van der Waals surface area contributed by atoms with Crippen LogP contribution in [0.1, 0.15) is 41.0 Å². The molecule has 1 aromatic carbocycles. The van der Waals surface area contributed by atoms with Crippen molar-refractivity contribution in [2.75, 3.05) is 24.2 Å². The highest BCUT2D eigenvalue weighted by Gasteiger charge is 2.17. The van der Waals surface area contributed by atoms with Crippen molar-refractivity contribution in [3.05, 3.63) is 18.2 Å². The normalized spacial score (nSPS) is 11.4. The molecule has 1 rings (SSSR count). The molecule has 3 nitrogen and oxygen atoms in total. The summed E-state index contributed by atoms with van der Waals surface area (Å²) >= 11 is 0. The van der Waals surface area contributed by atoms with E-state index in [4.69, 9.17) is 10.5 Å². The van der Waals surface area contributed by atoms with Gasteiger partial charge in [0, 0.05) is 30.1 Å². The van der Waals surface area contributed by atoms with Gasteiger partial charge in [-0.1, -0.05) is 34.6 Å². The lowest BCUT2D eigenvalue weighted by Gasteiger charge is -2.25. The first-order valence-corrected chi connectivity index (χ1v) is 7.71. The quantitative estimate of drug-likeness (QED) is 0.693. The molecule has 3 heteroatoms. The smallest absolute Gasteiger partial charge is 0.123 e. The predicted octanol–water partition coefficient (Wildman–Crippen LogP) is 4.40. The minimum Gasteiger partial charge on any atom is -0.493 e. The lowest BCUT2D eigenvalue weighted by Crippen LogP contribution is -2.24. The van der Waals surface area contributed by atoms with Gasteiger partial charge in [-0.25, -0.2) is 0 Å². The molecule has 0 amide bonds. The van der Waals surface area contributed by atoms with Gasteiger partial charge in [0.1, 0.15) is 5.75 Å². The van der Waals surface area contributed by atoms with Crippen LogP contribution in [0.15, 0.2) is 18.2 Å². The van der Waals surface area contributed by atoms with Gasteiger partial charge in [-0.2, -0.15) is 0 Å². The number of nitrogens with two attached hydrogens (primary N) is 1. The van der Waals surface area contributed by atoms with Gasteiger partial charge >= 0.3 is 0 Å². The molecular weight excluding hydrogens is 248 g/mol. The SMILES string of the molecule is CCCOc1cc(N)cc(NCC(C(C)C)C(C)C)c1. The van der Waals surface area contributed by atoms with Crippen LogP contribution in [0.25, 0.3) is 0 Å². The molecule has 0 fully saturated rings. The number of rotatable bonds is 8. The van der Waals surface area contributed by atoms with E-state index in [1.807, 2.05) is 18.2 Å². The predicted molar refractivity (Wildman–Crippen MR) is 88.3 cm³/mol. The molecule has 20 heavy (non-hydrogen) atoms. The van der Waals surface area contributed by atoms with Gasteiger partial charge in [0.05, 0.1) is 6.61 Å². The fraction of sp³-hybridized carbons (Fsp3) is 0.647. The minimum atomic E-state index is 0.649. The van der Waals surface area contributed by atoms with Crippen molar-refractivity contribution in [2.45, 2.75) is 41.0 Å². The first-order valence-electron chi connectivity index (χ1n) is 7.71. The van der Waals surface area contributed by atoms with E-state index < -0.39 is 0 Å². The lowest BCUT2D eigenvalue weighted by atomic mass is 9.85. The van der Waals surface area contributed by atoms with Crippen molar-refractivity contribution >= 4 is 11.4 Å². The van der Waals surface area contributed by atoms with Crippen molar-refractivity contribution in [1.29, 1.82) is 0 Å². The fourth-order valence-corrected chi connectivity index (χ4v) is 2.50. The maximum Gasteiger partial charge on any atom is 0.123 e. The zero-order valence-corrected chi connectivity index (χ0v) is 13.6. The molecule has 0 atom stereocenters. The van der Waals surface area contributed by atoms with Crippen LogP contribution in [0.2, 0.25) is 0 Å². The van der Waals surface area contributed by atoms with Gasteiger partial charge in [0.25, 0.3) is 0 Å².